The molecule has 0 bridgehead atoms. The Morgan fingerprint density at radius 3 is 2.61 bits per heavy atom. The molecule has 0 aromatic heterocycles. The molecule has 0 unspecified atom stereocenters. The Morgan fingerprint density at radius 2 is 1.83 bits per heavy atom. The van der Waals surface area contributed by atoms with E-state index in [1.807, 2.05) is 24.3 Å². The number of benzene rings is 3. The van der Waals surface area contributed by atoms with Crippen molar-refractivity contribution in [2.24, 2.45) is 5.10 Å². The normalized spacial score (nSPS) is 11.9. The zero-order valence-corrected chi connectivity index (χ0v) is 22.2. The number of methoxy groups -OCH3 is 1. The van der Waals surface area contributed by atoms with Gasteiger partial charge in [-0.15, -0.1) is 0 Å². The van der Waals surface area contributed by atoms with Gasteiger partial charge in [-0.25, -0.2) is 5.43 Å². The van der Waals surface area contributed by atoms with Gasteiger partial charge in [-0.1, -0.05) is 28.1 Å². The van der Waals surface area contributed by atoms with Crippen molar-refractivity contribution >= 4 is 49.9 Å². The van der Waals surface area contributed by atoms with Crippen molar-refractivity contribution in [3.05, 3.63) is 80.2 Å². The van der Waals surface area contributed by atoms with Crippen LogP contribution in [-0.2, 0) is 11.4 Å². The SMILES string of the molecule is COc1cc(C=NNC(=O)CNC(=O)c2ccc3c(c2)OCO3)cc(Br)c1OCc1ccc(Br)cc1. The molecule has 1 heterocycles. The highest BCUT2D eigenvalue weighted by atomic mass is 79.9. The number of hydrogen-bond donors (Lipinski definition) is 2. The first-order valence-corrected chi connectivity index (χ1v) is 12.3. The number of ether oxygens (including phenoxy) is 4. The third-order valence-electron chi connectivity index (χ3n) is 5.00. The van der Waals surface area contributed by atoms with Crippen molar-refractivity contribution in [2.45, 2.75) is 6.61 Å². The second-order valence-corrected chi connectivity index (χ2v) is 9.26. The van der Waals surface area contributed by atoms with Gasteiger partial charge in [-0.3, -0.25) is 9.59 Å². The van der Waals surface area contributed by atoms with Crippen LogP contribution in [0.5, 0.6) is 23.0 Å². The molecule has 4 rings (SSSR count). The Bertz CT molecular complexity index is 1300. The lowest BCUT2D eigenvalue weighted by atomic mass is 10.2. The zero-order valence-electron chi connectivity index (χ0n) is 19.0. The van der Waals surface area contributed by atoms with Crippen molar-refractivity contribution in [1.29, 1.82) is 0 Å². The highest BCUT2D eigenvalue weighted by molar-refractivity contribution is 9.10. The minimum Gasteiger partial charge on any atom is -0.493 e. The molecule has 1 aliphatic rings. The topological polar surface area (TPSA) is 107 Å². The number of nitrogens with one attached hydrogen (secondary N) is 2. The van der Waals surface area contributed by atoms with Crippen LogP contribution in [0.4, 0.5) is 0 Å². The molecule has 0 atom stereocenters. The Morgan fingerprint density at radius 1 is 1.06 bits per heavy atom. The van der Waals surface area contributed by atoms with Crippen molar-refractivity contribution < 1.29 is 28.5 Å². The van der Waals surface area contributed by atoms with Crippen LogP contribution in [-0.4, -0.2) is 38.5 Å². The van der Waals surface area contributed by atoms with E-state index in [4.69, 9.17) is 18.9 Å². The Labute approximate surface area is 224 Å². The number of amides is 2. The summed E-state index contributed by atoms with van der Waals surface area (Å²) in [5, 5.41) is 6.49. The molecule has 0 aliphatic carbocycles. The number of halogens is 2. The molecule has 11 heteroatoms. The molecule has 36 heavy (non-hydrogen) atoms. The fourth-order valence-electron chi connectivity index (χ4n) is 3.21. The van der Waals surface area contributed by atoms with Crippen molar-refractivity contribution in [3.63, 3.8) is 0 Å². The average molecular weight is 619 g/mol. The minimum absolute atomic E-state index is 0.116. The molecule has 186 valence electrons. The molecule has 0 fully saturated rings. The number of nitrogens with zero attached hydrogens (tertiary/aromatic N) is 1. The van der Waals surface area contributed by atoms with Crippen LogP contribution in [0.25, 0.3) is 0 Å². The Hall–Kier alpha value is -3.57. The van der Waals surface area contributed by atoms with Gasteiger partial charge < -0.3 is 24.3 Å². The largest absolute Gasteiger partial charge is 0.493 e. The summed E-state index contributed by atoms with van der Waals surface area (Å²) in [4.78, 5) is 24.4. The summed E-state index contributed by atoms with van der Waals surface area (Å²) in [6.07, 6.45) is 1.46. The lowest BCUT2D eigenvalue weighted by Crippen LogP contribution is -2.34. The molecule has 3 aromatic rings. The fraction of sp³-hybridized carbons (Fsp3) is 0.160. The molecule has 0 saturated heterocycles. The monoisotopic (exact) mass is 617 g/mol. The second-order valence-electron chi connectivity index (χ2n) is 7.49. The summed E-state index contributed by atoms with van der Waals surface area (Å²) in [5.41, 5.74) is 4.41. The summed E-state index contributed by atoms with van der Waals surface area (Å²) in [6.45, 7) is 0.231. The van der Waals surface area contributed by atoms with Crippen LogP contribution in [0, 0.1) is 0 Å². The maximum Gasteiger partial charge on any atom is 0.259 e. The van der Waals surface area contributed by atoms with Crippen LogP contribution in [0.3, 0.4) is 0 Å². The molecule has 9 nitrogen and oxygen atoms in total. The molecule has 1 aliphatic heterocycles. The molecular formula is C25H21Br2N3O6. The fourth-order valence-corrected chi connectivity index (χ4v) is 4.05. The number of rotatable bonds is 9. The smallest absolute Gasteiger partial charge is 0.259 e. The summed E-state index contributed by atoms with van der Waals surface area (Å²) < 4.78 is 23.5. The summed E-state index contributed by atoms with van der Waals surface area (Å²) in [5.74, 6) is 1.22. The third-order valence-corrected chi connectivity index (χ3v) is 6.11. The zero-order chi connectivity index (χ0) is 25.5. The summed E-state index contributed by atoms with van der Waals surface area (Å²) in [7, 11) is 1.54. The highest BCUT2D eigenvalue weighted by Gasteiger charge is 2.16. The van der Waals surface area contributed by atoms with E-state index in [9.17, 15) is 9.59 Å². The van der Waals surface area contributed by atoms with E-state index in [0.717, 1.165) is 10.0 Å². The van der Waals surface area contributed by atoms with E-state index in [0.29, 0.717) is 45.2 Å². The van der Waals surface area contributed by atoms with Gasteiger partial charge >= 0.3 is 0 Å². The predicted molar refractivity (Wildman–Crippen MR) is 140 cm³/mol. The molecule has 2 amide bonds. The summed E-state index contributed by atoms with van der Waals surface area (Å²) in [6, 6.07) is 16.1. The van der Waals surface area contributed by atoms with Crippen LogP contribution >= 0.6 is 31.9 Å². The minimum atomic E-state index is -0.485. The number of carbonyl (C=O) groups excluding carboxylic acids is 2. The van der Waals surface area contributed by atoms with Gasteiger partial charge in [0.2, 0.25) is 6.79 Å². The maximum atomic E-state index is 12.3. The first kappa shape index (κ1) is 25.5. The quantitative estimate of drug-likeness (QED) is 0.272. The van der Waals surface area contributed by atoms with Gasteiger partial charge in [0.1, 0.15) is 6.61 Å². The standard InChI is InChI=1S/C25H21Br2N3O6/c1-33-22-9-16(8-19(27)24(22)34-13-15-2-5-18(26)6-3-15)11-29-30-23(31)12-28-25(32)17-4-7-20-21(10-17)36-14-35-20/h2-11H,12-14H2,1H3,(H,28,32)(H,30,31). The number of carbonyl (C=O) groups is 2. The number of hydrazone groups is 1. The van der Waals surface area contributed by atoms with Gasteiger partial charge in [0.25, 0.3) is 11.8 Å². The van der Waals surface area contributed by atoms with Crippen LogP contribution in [0.1, 0.15) is 21.5 Å². The van der Waals surface area contributed by atoms with E-state index in [2.05, 4.69) is 47.7 Å². The van der Waals surface area contributed by atoms with Gasteiger partial charge in [-0.05, 0) is 69.5 Å². The van der Waals surface area contributed by atoms with Gasteiger partial charge in [0.15, 0.2) is 23.0 Å². The maximum absolute atomic E-state index is 12.3. The second kappa shape index (κ2) is 11.9. The van der Waals surface area contributed by atoms with Gasteiger partial charge in [0, 0.05) is 10.0 Å². The van der Waals surface area contributed by atoms with E-state index in [-0.39, 0.29) is 13.3 Å². The lowest BCUT2D eigenvalue weighted by molar-refractivity contribution is -0.120. The Balaban J connectivity index is 1.30. The van der Waals surface area contributed by atoms with Crippen LogP contribution < -0.4 is 29.7 Å². The molecule has 0 saturated carbocycles. The van der Waals surface area contributed by atoms with Gasteiger partial charge in [-0.2, -0.15) is 5.10 Å². The average Bonchev–Trinajstić information content (AvgIpc) is 3.35. The first-order chi connectivity index (χ1) is 17.4. The van der Waals surface area contributed by atoms with E-state index >= 15 is 0 Å². The Kier molecular flexibility index (Phi) is 8.44. The van der Waals surface area contributed by atoms with E-state index < -0.39 is 11.8 Å². The highest BCUT2D eigenvalue weighted by Crippen LogP contribution is 2.37. The van der Waals surface area contributed by atoms with Crippen molar-refractivity contribution in [1.82, 2.24) is 10.7 Å². The molecular weight excluding hydrogens is 598 g/mol. The van der Waals surface area contributed by atoms with E-state index in [1.165, 1.54) is 6.21 Å². The molecule has 3 aromatic carbocycles. The third kappa shape index (κ3) is 6.55. The van der Waals surface area contributed by atoms with Crippen molar-refractivity contribution in [2.75, 3.05) is 20.4 Å². The van der Waals surface area contributed by atoms with Crippen molar-refractivity contribution in [3.8, 4) is 23.0 Å². The number of hydrogen-bond acceptors (Lipinski definition) is 7. The van der Waals surface area contributed by atoms with Crippen LogP contribution in [0.2, 0.25) is 0 Å². The van der Waals surface area contributed by atoms with Crippen LogP contribution in [0.15, 0.2) is 68.6 Å². The lowest BCUT2D eigenvalue weighted by Gasteiger charge is -2.13. The molecule has 0 spiro atoms. The van der Waals surface area contributed by atoms with E-state index in [1.54, 1.807) is 37.4 Å². The predicted octanol–water partition coefficient (Wildman–Crippen LogP) is 4.41. The summed E-state index contributed by atoms with van der Waals surface area (Å²) >= 11 is 6.91. The molecule has 2 N–H and O–H groups in total. The first-order valence-electron chi connectivity index (χ1n) is 10.7. The molecule has 0 radical (unpaired) electrons. The van der Waals surface area contributed by atoms with Gasteiger partial charge in [0.05, 0.1) is 24.3 Å². The number of fused-ring (bicyclic) bond motifs is 1.